The zero-order valence-corrected chi connectivity index (χ0v) is 11.7. The number of methoxy groups -OCH3 is 1. The molecule has 104 valence electrons. The van der Waals surface area contributed by atoms with Crippen LogP contribution in [0.15, 0.2) is 0 Å². The summed E-state index contributed by atoms with van der Waals surface area (Å²) in [6.45, 7) is 3.75. The minimum absolute atomic E-state index is 0.254. The maximum absolute atomic E-state index is 11.8. The summed E-state index contributed by atoms with van der Waals surface area (Å²) >= 11 is 0. The van der Waals surface area contributed by atoms with E-state index in [9.17, 15) is 9.90 Å². The summed E-state index contributed by atoms with van der Waals surface area (Å²) in [5, 5.41) is 9.72. The van der Waals surface area contributed by atoms with Crippen LogP contribution in [0.25, 0.3) is 0 Å². The van der Waals surface area contributed by atoms with Crippen LogP contribution < -0.4 is 4.74 Å². The van der Waals surface area contributed by atoms with Gasteiger partial charge in [-0.2, -0.15) is 4.98 Å². The second-order valence-corrected chi connectivity index (χ2v) is 5.22. The monoisotopic (exact) mass is 264 g/mol. The molecule has 1 aromatic rings. The molecular formula is C14H20N2O3. The number of aryl methyl sites for hydroxylation is 1. The van der Waals surface area contributed by atoms with Gasteiger partial charge >= 0.3 is 12.0 Å². The lowest BCUT2D eigenvalue weighted by atomic mass is 9.70. The van der Waals surface area contributed by atoms with Crippen LogP contribution in [0.5, 0.6) is 6.01 Å². The molecule has 2 rings (SSSR count). The highest BCUT2D eigenvalue weighted by Crippen LogP contribution is 2.41. The van der Waals surface area contributed by atoms with Crippen LogP contribution in [-0.4, -0.2) is 28.2 Å². The topological polar surface area (TPSA) is 72.3 Å². The van der Waals surface area contributed by atoms with Crippen molar-refractivity contribution in [3.8, 4) is 6.01 Å². The number of carboxylic acids is 1. The summed E-state index contributed by atoms with van der Waals surface area (Å²) in [6.07, 6.45) is 4.23. The third-order valence-electron chi connectivity index (χ3n) is 4.12. The van der Waals surface area contributed by atoms with Gasteiger partial charge in [0.05, 0.1) is 12.8 Å². The first kappa shape index (κ1) is 13.8. The van der Waals surface area contributed by atoms with E-state index in [-0.39, 0.29) is 6.01 Å². The Morgan fingerprint density at radius 1 is 1.21 bits per heavy atom. The Morgan fingerprint density at radius 3 is 2.37 bits per heavy atom. The van der Waals surface area contributed by atoms with Crippen molar-refractivity contribution >= 4 is 5.97 Å². The van der Waals surface area contributed by atoms with Gasteiger partial charge < -0.3 is 9.84 Å². The first-order chi connectivity index (χ1) is 9.01. The molecule has 0 bridgehead atoms. The molecule has 1 aliphatic rings. The summed E-state index contributed by atoms with van der Waals surface area (Å²) in [6, 6.07) is 0.254. The third kappa shape index (κ3) is 2.29. The van der Waals surface area contributed by atoms with E-state index in [0.29, 0.717) is 18.5 Å². The van der Waals surface area contributed by atoms with Gasteiger partial charge in [-0.15, -0.1) is 0 Å². The summed E-state index contributed by atoms with van der Waals surface area (Å²) in [7, 11) is 1.50. The molecule has 0 amide bonds. The Labute approximate surface area is 113 Å². The van der Waals surface area contributed by atoms with Crippen LogP contribution in [0.4, 0.5) is 0 Å². The van der Waals surface area contributed by atoms with Gasteiger partial charge in [0.1, 0.15) is 5.41 Å². The molecule has 1 fully saturated rings. The van der Waals surface area contributed by atoms with E-state index < -0.39 is 11.4 Å². The quantitative estimate of drug-likeness (QED) is 0.907. The average Bonchev–Trinajstić information content (AvgIpc) is 2.42. The molecule has 1 heterocycles. The molecule has 5 nitrogen and oxygen atoms in total. The molecule has 1 saturated carbocycles. The SMILES string of the molecule is COc1nc(C)c(C)c(C2(C(=O)O)CCCCC2)n1. The first-order valence-electron chi connectivity index (χ1n) is 6.64. The van der Waals surface area contributed by atoms with Crippen LogP contribution in [-0.2, 0) is 10.2 Å². The second kappa shape index (κ2) is 5.15. The Balaban J connectivity index is 2.59. The average molecular weight is 264 g/mol. The zero-order chi connectivity index (χ0) is 14.0. The molecule has 0 spiro atoms. The van der Waals surface area contributed by atoms with Crippen LogP contribution >= 0.6 is 0 Å². The van der Waals surface area contributed by atoms with E-state index >= 15 is 0 Å². The number of ether oxygens (including phenoxy) is 1. The van der Waals surface area contributed by atoms with Crippen LogP contribution in [0.3, 0.4) is 0 Å². The number of rotatable bonds is 3. The molecule has 0 radical (unpaired) electrons. The van der Waals surface area contributed by atoms with Crippen molar-refractivity contribution in [1.82, 2.24) is 9.97 Å². The number of nitrogens with zero attached hydrogens (tertiary/aromatic N) is 2. The van der Waals surface area contributed by atoms with Gasteiger partial charge in [-0.3, -0.25) is 4.79 Å². The Bertz CT molecular complexity index is 494. The van der Waals surface area contributed by atoms with Crippen molar-refractivity contribution in [2.45, 2.75) is 51.4 Å². The summed E-state index contributed by atoms with van der Waals surface area (Å²) < 4.78 is 5.09. The van der Waals surface area contributed by atoms with Gasteiger partial charge in [0.2, 0.25) is 0 Å². The van der Waals surface area contributed by atoms with E-state index in [1.54, 1.807) is 0 Å². The molecular weight excluding hydrogens is 244 g/mol. The minimum Gasteiger partial charge on any atom is -0.481 e. The molecule has 1 N–H and O–H groups in total. The number of carbonyl (C=O) groups is 1. The standard InChI is InChI=1S/C14H20N2O3/c1-9-10(2)15-13(19-3)16-11(9)14(12(17)18)7-5-4-6-8-14/h4-8H2,1-3H3,(H,17,18). The summed E-state index contributed by atoms with van der Waals surface area (Å²) in [5.41, 5.74) is 1.41. The lowest BCUT2D eigenvalue weighted by Gasteiger charge is -2.33. The molecule has 0 unspecified atom stereocenters. The van der Waals surface area contributed by atoms with Crippen LogP contribution in [0.1, 0.15) is 49.1 Å². The van der Waals surface area contributed by atoms with Gasteiger partial charge in [-0.1, -0.05) is 19.3 Å². The fraction of sp³-hybridized carbons (Fsp3) is 0.643. The molecule has 0 saturated heterocycles. The van der Waals surface area contributed by atoms with Gasteiger partial charge in [-0.05, 0) is 32.3 Å². The molecule has 19 heavy (non-hydrogen) atoms. The highest BCUT2D eigenvalue weighted by Gasteiger charge is 2.44. The highest BCUT2D eigenvalue weighted by molar-refractivity contribution is 5.81. The number of aliphatic carboxylic acids is 1. The molecule has 1 aliphatic carbocycles. The van der Waals surface area contributed by atoms with Gasteiger partial charge in [0.15, 0.2) is 0 Å². The largest absolute Gasteiger partial charge is 0.481 e. The number of hydrogen-bond donors (Lipinski definition) is 1. The molecule has 5 heteroatoms. The van der Waals surface area contributed by atoms with Crippen molar-refractivity contribution in [1.29, 1.82) is 0 Å². The maximum Gasteiger partial charge on any atom is 0.316 e. The van der Waals surface area contributed by atoms with Crippen LogP contribution in [0, 0.1) is 13.8 Å². The molecule has 0 atom stereocenters. The lowest BCUT2D eigenvalue weighted by molar-refractivity contribution is -0.145. The fourth-order valence-electron chi connectivity index (χ4n) is 2.87. The Hall–Kier alpha value is -1.65. The molecule has 1 aromatic heterocycles. The van der Waals surface area contributed by atoms with Crippen molar-refractivity contribution < 1.29 is 14.6 Å². The minimum atomic E-state index is -0.872. The lowest BCUT2D eigenvalue weighted by Crippen LogP contribution is -2.39. The summed E-state index contributed by atoms with van der Waals surface area (Å²) in [5.74, 6) is -0.782. The van der Waals surface area contributed by atoms with Gasteiger partial charge in [-0.25, -0.2) is 4.98 Å². The van der Waals surface area contributed by atoms with Crippen molar-refractivity contribution in [3.05, 3.63) is 17.0 Å². The number of aromatic nitrogens is 2. The first-order valence-corrected chi connectivity index (χ1v) is 6.64. The number of hydrogen-bond acceptors (Lipinski definition) is 4. The van der Waals surface area contributed by atoms with Gasteiger partial charge in [0.25, 0.3) is 0 Å². The van der Waals surface area contributed by atoms with Gasteiger partial charge in [0, 0.05) is 5.69 Å². The molecule has 0 aliphatic heterocycles. The Kier molecular flexibility index (Phi) is 3.73. The van der Waals surface area contributed by atoms with Crippen molar-refractivity contribution in [3.63, 3.8) is 0 Å². The van der Waals surface area contributed by atoms with Crippen molar-refractivity contribution in [2.75, 3.05) is 7.11 Å². The Morgan fingerprint density at radius 2 is 1.84 bits per heavy atom. The zero-order valence-electron chi connectivity index (χ0n) is 11.7. The third-order valence-corrected chi connectivity index (χ3v) is 4.12. The van der Waals surface area contributed by atoms with Crippen LogP contribution in [0.2, 0.25) is 0 Å². The second-order valence-electron chi connectivity index (χ2n) is 5.22. The predicted molar refractivity (Wildman–Crippen MR) is 70.5 cm³/mol. The molecule has 0 aromatic carbocycles. The van der Waals surface area contributed by atoms with E-state index in [1.165, 1.54) is 7.11 Å². The predicted octanol–water partition coefficient (Wildman–Crippen LogP) is 2.39. The maximum atomic E-state index is 11.8. The van der Waals surface area contributed by atoms with Crippen molar-refractivity contribution in [2.24, 2.45) is 0 Å². The normalized spacial score (nSPS) is 18.1. The van der Waals surface area contributed by atoms with E-state index in [1.807, 2.05) is 13.8 Å². The summed E-state index contributed by atoms with van der Waals surface area (Å²) in [4.78, 5) is 20.4. The number of carboxylic acid groups (broad SMARTS) is 1. The van der Waals surface area contributed by atoms with E-state index in [4.69, 9.17) is 4.74 Å². The highest BCUT2D eigenvalue weighted by atomic mass is 16.5. The smallest absolute Gasteiger partial charge is 0.316 e. The van der Waals surface area contributed by atoms with E-state index in [0.717, 1.165) is 30.5 Å². The fourth-order valence-corrected chi connectivity index (χ4v) is 2.87. The van der Waals surface area contributed by atoms with E-state index in [2.05, 4.69) is 9.97 Å².